The predicted octanol–water partition coefficient (Wildman–Crippen LogP) is 3.18. The molecule has 2 heterocycles. The van der Waals surface area contributed by atoms with Gasteiger partial charge in [0.1, 0.15) is 17.6 Å². The monoisotopic (exact) mass is 502 g/mol. The van der Waals surface area contributed by atoms with Crippen molar-refractivity contribution in [3.63, 3.8) is 0 Å². The van der Waals surface area contributed by atoms with E-state index < -0.39 is 0 Å². The first-order valence-corrected chi connectivity index (χ1v) is 10.3. The predicted molar refractivity (Wildman–Crippen MR) is 125 cm³/mol. The third-order valence-corrected chi connectivity index (χ3v) is 5.22. The van der Waals surface area contributed by atoms with Crippen LogP contribution in [0.3, 0.4) is 0 Å². The largest absolute Gasteiger partial charge is 0.496 e. The lowest BCUT2D eigenvalue weighted by Gasteiger charge is -2.26. The van der Waals surface area contributed by atoms with Gasteiger partial charge in [0, 0.05) is 37.2 Å². The smallest absolute Gasteiger partial charge is 0.191 e. The van der Waals surface area contributed by atoms with Gasteiger partial charge in [-0.05, 0) is 51.9 Å². The number of piperidine rings is 1. The summed E-state index contributed by atoms with van der Waals surface area (Å²) in [5.41, 5.74) is 2.28. The molecule has 0 spiro atoms. The van der Waals surface area contributed by atoms with Gasteiger partial charge in [0.25, 0.3) is 0 Å². The zero-order valence-corrected chi connectivity index (χ0v) is 19.8. The zero-order valence-electron chi connectivity index (χ0n) is 17.4. The third kappa shape index (κ3) is 6.40. The molecule has 3 rings (SSSR count). The first-order chi connectivity index (χ1) is 13.2. The molecule has 0 amide bonds. The van der Waals surface area contributed by atoms with Crippen molar-refractivity contribution in [2.24, 2.45) is 4.99 Å². The first-order valence-electron chi connectivity index (χ1n) is 10.3. The summed E-state index contributed by atoms with van der Waals surface area (Å²) in [7, 11) is 1.72. The van der Waals surface area contributed by atoms with E-state index in [-0.39, 0.29) is 30.1 Å². The number of hydrogen-bond acceptors (Lipinski definition) is 4. The molecule has 28 heavy (non-hydrogen) atoms. The topological polar surface area (TPSA) is 58.1 Å². The van der Waals surface area contributed by atoms with Crippen molar-refractivity contribution in [1.29, 1.82) is 0 Å². The second-order valence-electron chi connectivity index (χ2n) is 7.43. The molecule has 6 nitrogen and oxygen atoms in total. The molecule has 0 saturated carbocycles. The number of guanidine groups is 1. The molecule has 0 aromatic heterocycles. The van der Waals surface area contributed by atoms with E-state index >= 15 is 0 Å². The summed E-state index contributed by atoms with van der Waals surface area (Å²) in [4.78, 5) is 7.29. The maximum absolute atomic E-state index is 5.89. The van der Waals surface area contributed by atoms with Crippen molar-refractivity contribution < 1.29 is 9.47 Å². The number of ether oxygens (including phenoxy) is 2. The van der Waals surface area contributed by atoms with E-state index in [4.69, 9.17) is 14.5 Å². The van der Waals surface area contributed by atoms with Gasteiger partial charge < -0.3 is 25.0 Å². The van der Waals surface area contributed by atoms with Crippen molar-refractivity contribution in [2.45, 2.75) is 52.2 Å². The van der Waals surface area contributed by atoms with Crippen LogP contribution in [0.4, 0.5) is 0 Å². The molecular formula is C21H35IN4O2. The molecule has 2 aliphatic heterocycles. The molecule has 0 bridgehead atoms. The lowest BCUT2D eigenvalue weighted by atomic mass is 10.1. The highest BCUT2D eigenvalue weighted by atomic mass is 127. The first kappa shape index (κ1) is 23.1. The summed E-state index contributed by atoms with van der Waals surface area (Å²) in [6, 6.07) is 4.18. The number of nitrogens with one attached hydrogen (secondary N) is 2. The van der Waals surface area contributed by atoms with E-state index in [9.17, 15) is 0 Å². The van der Waals surface area contributed by atoms with Crippen LogP contribution in [0.15, 0.2) is 17.1 Å². The molecular weight excluding hydrogens is 467 g/mol. The lowest BCUT2D eigenvalue weighted by Crippen LogP contribution is -2.42. The van der Waals surface area contributed by atoms with Gasteiger partial charge in [-0.15, -0.1) is 24.0 Å². The number of hydrogen-bond donors (Lipinski definition) is 2. The van der Waals surface area contributed by atoms with Crippen molar-refractivity contribution in [3.8, 4) is 11.5 Å². The normalized spacial score (nSPS) is 19.4. The molecule has 2 aliphatic rings. The molecule has 0 radical (unpaired) electrons. The highest BCUT2D eigenvalue weighted by Crippen LogP contribution is 2.35. The summed E-state index contributed by atoms with van der Waals surface area (Å²) in [5.74, 6) is 2.71. The molecule has 7 heteroatoms. The van der Waals surface area contributed by atoms with Crippen molar-refractivity contribution >= 4 is 29.9 Å². The van der Waals surface area contributed by atoms with E-state index in [1.807, 2.05) is 0 Å². The second-order valence-corrected chi connectivity index (χ2v) is 7.43. The van der Waals surface area contributed by atoms with Gasteiger partial charge in [0.2, 0.25) is 0 Å². The number of rotatable bonds is 7. The zero-order chi connectivity index (χ0) is 19.1. The fraction of sp³-hybridized carbons (Fsp3) is 0.667. The highest BCUT2D eigenvalue weighted by Gasteiger charge is 2.21. The van der Waals surface area contributed by atoms with E-state index in [2.05, 4.69) is 41.5 Å². The maximum Gasteiger partial charge on any atom is 0.191 e. The quantitative estimate of drug-likeness (QED) is 0.341. The number of benzene rings is 1. The Morgan fingerprint density at radius 2 is 2.04 bits per heavy atom. The summed E-state index contributed by atoms with van der Waals surface area (Å²) in [6.07, 6.45) is 5.20. The van der Waals surface area contributed by atoms with Crippen molar-refractivity contribution in [2.75, 3.05) is 39.8 Å². The summed E-state index contributed by atoms with van der Waals surface area (Å²) >= 11 is 0. The molecule has 1 fully saturated rings. The molecule has 1 unspecified atom stereocenters. The minimum atomic E-state index is 0. The minimum Gasteiger partial charge on any atom is -0.496 e. The fourth-order valence-corrected chi connectivity index (χ4v) is 3.82. The van der Waals surface area contributed by atoms with Crippen LogP contribution < -0.4 is 20.1 Å². The molecule has 1 aromatic rings. The fourth-order valence-electron chi connectivity index (χ4n) is 3.82. The Morgan fingerprint density at radius 3 is 2.75 bits per heavy atom. The second kappa shape index (κ2) is 11.7. The Kier molecular flexibility index (Phi) is 9.64. The summed E-state index contributed by atoms with van der Waals surface area (Å²) in [5, 5.41) is 6.80. The SMILES string of the molecule is CCNC(=NCc1cc2c(cc1OC)CC(C)O2)NCCN1CCCCC1.I. The molecule has 1 saturated heterocycles. The maximum atomic E-state index is 5.89. The Morgan fingerprint density at radius 1 is 1.25 bits per heavy atom. The molecule has 158 valence electrons. The number of likely N-dealkylation sites (tertiary alicyclic amines) is 1. The van der Waals surface area contributed by atoms with Crippen LogP contribution in [-0.4, -0.2) is 56.8 Å². The van der Waals surface area contributed by atoms with E-state index in [1.54, 1.807) is 7.11 Å². The van der Waals surface area contributed by atoms with E-state index in [1.165, 1.54) is 37.9 Å². The van der Waals surface area contributed by atoms with Gasteiger partial charge in [0.05, 0.1) is 13.7 Å². The Labute approximate surface area is 186 Å². The van der Waals surface area contributed by atoms with Gasteiger partial charge in [-0.25, -0.2) is 4.99 Å². The molecule has 0 aliphatic carbocycles. The van der Waals surface area contributed by atoms with Gasteiger partial charge in [0.15, 0.2) is 5.96 Å². The third-order valence-electron chi connectivity index (χ3n) is 5.22. The van der Waals surface area contributed by atoms with E-state index in [0.29, 0.717) is 6.54 Å². The van der Waals surface area contributed by atoms with Gasteiger partial charge in [-0.1, -0.05) is 6.42 Å². The van der Waals surface area contributed by atoms with Gasteiger partial charge in [-0.2, -0.15) is 0 Å². The Bertz CT molecular complexity index is 648. The summed E-state index contributed by atoms with van der Waals surface area (Å²) in [6.45, 7) is 10.0. The van der Waals surface area contributed by atoms with Crippen molar-refractivity contribution in [1.82, 2.24) is 15.5 Å². The lowest BCUT2D eigenvalue weighted by molar-refractivity contribution is 0.232. The number of aliphatic imine (C=N–C) groups is 1. The average Bonchev–Trinajstić information content (AvgIpc) is 3.05. The summed E-state index contributed by atoms with van der Waals surface area (Å²) < 4.78 is 11.5. The molecule has 1 atom stereocenters. The molecule has 2 N–H and O–H groups in total. The average molecular weight is 502 g/mol. The molecule has 1 aromatic carbocycles. The number of halogens is 1. The van der Waals surface area contributed by atoms with Crippen LogP contribution >= 0.6 is 24.0 Å². The highest BCUT2D eigenvalue weighted by molar-refractivity contribution is 14.0. The van der Waals surface area contributed by atoms with Crippen LogP contribution in [0.1, 0.15) is 44.2 Å². The van der Waals surface area contributed by atoms with Crippen LogP contribution in [0.5, 0.6) is 11.5 Å². The standard InChI is InChI=1S/C21H34N4O2.HI/c1-4-22-21(23-8-11-25-9-6-5-7-10-25)24-15-18-14-20-17(12-16(2)27-20)13-19(18)26-3;/h13-14,16H,4-12,15H2,1-3H3,(H2,22,23,24);1H. The van der Waals surface area contributed by atoms with Crippen LogP contribution in [0.2, 0.25) is 0 Å². The Balaban J connectivity index is 0.00000280. The number of methoxy groups -OCH3 is 1. The van der Waals surface area contributed by atoms with Crippen LogP contribution in [0, 0.1) is 0 Å². The van der Waals surface area contributed by atoms with Gasteiger partial charge >= 0.3 is 0 Å². The Hall–Kier alpha value is -1.22. The van der Waals surface area contributed by atoms with Crippen LogP contribution in [-0.2, 0) is 13.0 Å². The van der Waals surface area contributed by atoms with Crippen LogP contribution in [0.25, 0.3) is 0 Å². The van der Waals surface area contributed by atoms with E-state index in [0.717, 1.165) is 49.1 Å². The minimum absolute atomic E-state index is 0. The van der Waals surface area contributed by atoms with Gasteiger partial charge in [-0.3, -0.25) is 0 Å². The van der Waals surface area contributed by atoms with Crippen molar-refractivity contribution in [3.05, 3.63) is 23.3 Å². The number of nitrogens with zero attached hydrogens (tertiary/aromatic N) is 2. The number of fused-ring (bicyclic) bond motifs is 1.